The molecule has 1 aromatic carbocycles. The number of fused-ring (bicyclic) bond motifs is 1. The fraction of sp³-hybridized carbons (Fsp3) is 0.300. The average Bonchev–Trinajstić information content (AvgIpc) is 2.48. The first-order valence-corrected chi connectivity index (χ1v) is 6.11. The summed E-state index contributed by atoms with van der Waals surface area (Å²) in [6, 6.07) is 4.41. The van der Waals surface area contributed by atoms with Crippen molar-refractivity contribution >= 4 is 45.2 Å². The first-order chi connectivity index (χ1) is 7.25. The van der Waals surface area contributed by atoms with Crippen molar-refractivity contribution in [3.05, 3.63) is 27.1 Å². The fourth-order valence-electron chi connectivity index (χ4n) is 1.70. The molecule has 0 aliphatic carbocycles. The second kappa shape index (κ2) is 3.61. The molecule has 3 rings (SSSR count). The summed E-state index contributed by atoms with van der Waals surface area (Å²) in [5.74, 6) is 0. The van der Waals surface area contributed by atoms with Crippen LogP contribution < -0.4 is 0 Å². The van der Waals surface area contributed by atoms with Gasteiger partial charge in [-0.1, -0.05) is 11.6 Å². The number of imidazole rings is 1. The van der Waals surface area contributed by atoms with Gasteiger partial charge in [0.05, 0.1) is 41.6 Å². The van der Waals surface area contributed by atoms with Crippen molar-refractivity contribution in [2.75, 3.05) is 13.2 Å². The number of ether oxygens (including phenoxy) is 1. The van der Waals surface area contributed by atoms with E-state index in [4.69, 9.17) is 16.3 Å². The van der Waals surface area contributed by atoms with Crippen molar-refractivity contribution in [1.82, 2.24) is 9.55 Å². The lowest BCUT2D eigenvalue weighted by Crippen LogP contribution is -2.30. The summed E-state index contributed by atoms with van der Waals surface area (Å²) in [6.07, 6.45) is 1.87. The van der Waals surface area contributed by atoms with Crippen LogP contribution in [0.3, 0.4) is 0 Å². The van der Waals surface area contributed by atoms with Crippen LogP contribution in [0.2, 0.25) is 5.02 Å². The van der Waals surface area contributed by atoms with E-state index in [1.807, 2.05) is 18.5 Å². The van der Waals surface area contributed by atoms with Crippen LogP contribution >= 0.6 is 34.2 Å². The lowest BCUT2D eigenvalue weighted by Gasteiger charge is -2.27. The number of rotatable bonds is 1. The van der Waals surface area contributed by atoms with E-state index in [1.54, 1.807) is 0 Å². The Morgan fingerprint density at radius 1 is 1.47 bits per heavy atom. The van der Waals surface area contributed by atoms with Gasteiger partial charge in [-0.05, 0) is 34.7 Å². The predicted octanol–water partition coefficient (Wildman–Crippen LogP) is 2.87. The summed E-state index contributed by atoms with van der Waals surface area (Å²) in [6.45, 7) is 1.55. The molecule has 3 nitrogen and oxygen atoms in total. The van der Waals surface area contributed by atoms with Gasteiger partial charge in [0, 0.05) is 3.57 Å². The van der Waals surface area contributed by atoms with E-state index in [0.717, 1.165) is 32.8 Å². The van der Waals surface area contributed by atoms with Crippen LogP contribution in [0.1, 0.15) is 6.04 Å². The van der Waals surface area contributed by atoms with E-state index >= 15 is 0 Å². The SMILES string of the molecule is Clc1cc2c(cc1I)ncn2C1COC1. The van der Waals surface area contributed by atoms with Gasteiger partial charge in [-0.2, -0.15) is 0 Å². The van der Waals surface area contributed by atoms with Gasteiger partial charge in [-0.3, -0.25) is 0 Å². The first-order valence-electron chi connectivity index (χ1n) is 4.65. The van der Waals surface area contributed by atoms with Gasteiger partial charge in [0.25, 0.3) is 0 Å². The molecule has 1 aromatic heterocycles. The van der Waals surface area contributed by atoms with Crippen LogP contribution in [-0.2, 0) is 4.74 Å². The Morgan fingerprint density at radius 2 is 2.27 bits per heavy atom. The number of nitrogens with zero attached hydrogens (tertiary/aromatic N) is 2. The first kappa shape index (κ1) is 9.86. The molecule has 15 heavy (non-hydrogen) atoms. The maximum atomic E-state index is 6.10. The number of hydrogen-bond donors (Lipinski definition) is 0. The molecule has 0 N–H and O–H groups in total. The highest BCUT2D eigenvalue weighted by Crippen LogP contribution is 2.28. The molecule has 0 radical (unpaired) electrons. The highest BCUT2D eigenvalue weighted by Gasteiger charge is 2.22. The molecular formula is C10H8ClIN2O. The van der Waals surface area contributed by atoms with E-state index in [-0.39, 0.29) is 0 Å². The summed E-state index contributed by atoms with van der Waals surface area (Å²) in [4.78, 5) is 4.37. The molecule has 0 amide bonds. The zero-order valence-corrected chi connectivity index (χ0v) is 10.7. The molecule has 0 atom stereocenters. The molecule has 1 fully saturated rings. The number of halogens is 2. The van der Waals surface area contributed by atoms with Crippen LogP contribution in [0.15, 0.2) is 18.5 Å². The van der Waals surface area contributed by atoms with Gasteiger partial charge < -0.3 is 9.30 Å². The highest BCUT2D eigenvalue weighted by atomic mass is 127. The fourth-order valence-corrected chi connectivity index (χ4v) is 2.31. The zero-order chi connectivity index (χ0) is 10.4. The molecule has 0 saturated carbocycles. The lowest BCUT2D eigenvalue weighted by atomic mass is 10.2. The summed E-state index contributed by atoms with van der Waals surface area (Å²) < 4.78 is 8.36. The van der Waals surface area contributed by atoms with Gasteiger partial charge in [-0.25, -0.2) is 4.98 Å². The van der Waals surface area contributed by atoms with Crippen molar-refractivity contribution in [3.8, 4) is 0 Å². The van der Waals surface area contributed by atoms with Crippen LogP contribution in [0.5, 0.6) is 0 Å². The van der Waals surface area contributed by atoms with E-state index in [2.05, 4.69) is 32.1 Å². The minimum atomic E-state index is 0.422. The van der Waals surface area contributed by atoms with Crippen molar-refractivity contribution < 1.29 is 4.74 Å². The van der Waals surface area contributed by atoms with Gasteiger partial charge in [0.1, 0.15) is 0 Å². The molecule has 1 saturated heterocycles. The van der Waals surface area contributed by atoms with Crippen LogP contribution in [0.4, 0.5) is 0 Å². The van der Waals surface area contributed by atoms with E-state index in [1.165, 1.54) is 0 Å². The molecule has 0 bridgehead atoms. The molecule has 1 aliphatic heterocycles. The van der Waals surface area contributed by atoms with Crippen LogP contribution in [0, 0.1) is 3.57 Å². The monoisotopic (exact) mass is 334 g/mol. The topological polar surface area (TPSA) is 27.1 Å². The van der Waals surface area contributed by atoms with Gasteiger partial charge in [-0.15, -0.1) is 0 Å². The minimum Gasteiger partial charge on any atom is -0.377 e. The maximum absolute atomic E-state index is 6.10. The van der Waals surface area contributed by atoms with E-state index in [0.29, 0.717) is 6.04 Å². The molecule has 5 heteroatoms. The summed E-state index contributed by atoms with van der Waals surface area (Å²) >= 11 is 8.32. The third kappa shape index (κ3) is 1.55. The molecule has 1 aliphatic rings. The van der Waals surface area contributed by atoms with Gasteiger partial charge >= 0.3 is 0 Å². The highest BCUT2D eigenvalue weighted by molar-refractivity contribution is 14.1. The molecule has 2 heterocycles. The predicted molar refractivity (Wildman–Crippen MR) is 67.3 cm³/mol. The smallest absolute Gasteiger partial charge is 0.0962 e. The third-order valence-electron chi connectivity index (χ3n) is 2.63. The molecule has 78 valence electrons. The zero-order valence-electron chi connectivity index (χ0n) is 7.78. The Labute approximate surface area is 106 Å². The summed E-state index contributed by atoms with van der Waals surface area (Å²) in [7, 11) is 0. The second-order valence-corrected chi connectivity index (χ2v) is 5.17. The van der Waals surface area contributed by atoms with E-state index < -0.39 is 0 Å². The van der Waals surface area contributed by atoms with Crippen LogP contribution in [0.25, 0.3) is 11.0 Å². The van der Waals surface area contributed by atoms with Crippen molar-refractivity contribution in [1.29, 1.82) is 0 Å². The molecule has 0 unspecified atom stereocenters. The third-order valence-corrected chi connectivity index (χ3v) is 4.15. The Morgan fingerprint density at radius 3 is 2.93 bits per heavy atom. The van der Waals surface area contributed by atoms with Crippen LogP contribution in [-0.4, -0.2) is 22.8 Å². The number of hydrogen-bond acceptors (Lipinski definition) is 2. The standard InChI is InChI=1S/C10H8ClIN2O/c11-7-1-10-9(2-8(7)12)13-5-14(10)6-3-15-4-6/h1-2,5-6H,3-4H2. The average molecular weight is 335 g/mol. The number of aromatic nitrogens is 2. The van der Waals surface area contributed by atoms with E-state index in [9.17, 15) is 0 Å². The van der Waals surface area contributed by atoms with Gasteiger partial charge in [0.2, 0.25) is 0 Å². The molecule has 2 aromatic rings. The summed E-state index contributed by atoms with van der Waals surface area (Å²) in [5, 5.41) is 0.782. The number of benzene rings is 1. The minimum absolute atomic E-state index is 0.422. The Balaban J connectivity index is 2.19. The van der Waals surface area contributed by atoms with Crippen molar-refractivity contribution in [3.63, 3.8) is 0 Å². The Bertz CT molecular complexity index is 521. The van der Waals surface area contributed by atoms with Crippen molar-refractivity contribution in [2.24, 2.45) is 0 Å². The maximum Gasteiger partial charge on any atom is 0.0962 e. The summed E-state index contributed by atoms with van der Waals surface area (Å²) in [5.41, 5.74) is 2.09. The second-order valence-electron chi connectivity index (χ2n) is 3.60. The molecular weight excluding hydrogens is 326 g/mol. The molecule has 0 spiro atoms. The normalized spacial score (nSPS) is 16.9. The van der Waals surface area contributed by atoms with Gasteiger partial charge in [0.15, 0.2) is 0 Å². The Hall–Kier alpha value is -0.330. The quantitative estimate of drug-likeness (QED) is 0.750. The largest absolute Gasteiger partial charge is 0.377 e. The Kier molecular flexibility index (Phi) is 2.37. The van der Waals surface area contributed by atoms with Crippen molar-refractivity contribution in [2.45, 2.75) is 6.04 Å². The lowest BCUT2D eigenvalue weighted by molar-refractivity contribution is -0.0216.